The monoisotopic (exact) mass is 421 g/mol. The summed E-state index contributed by atoms with van der Waals surface area (Å²) in [6, 6.07) is 18.9. The molecule has 4 rings (SSSR count). The zero-order valence-electron chi connectivity index (χ0n) is 17.8. The molecule has 6 heteroatoms. The largest absolute Gasteiger partial charge is 0.497 e. The van der Waals surface area contributed by atoms with Crippen molar-refractivity contribution in [3.63, 3.8) is 0 Å². The maximum Gasteiger partial charge on any atom is 0.234 e. The topological polar surface area (TPSA) is 44.8 Å². The molecule has 1 fully saturated rings. The van der Waals surface area contributed by atoms with E-state index < -0.39 is 0 Å². The molecule has 0 radical (unpaired) electrons. The molecule has 31 heavy (non-hydrogen) atoms. The van der Waals surface area contributed by atoms with Gasteiger partial charge in [-0.3, -0.25) is 9.69 Å². The fourth-order valence-electron chi connectivity index (χ4n) is 4.07. The van der Waals surface area contributed by atoms with E-state index in [1.54, 1.807) is 19.2 Å². The number of nitrogens with one attached hydrogen (secondary N) is 1. The van der Waals surface area contributed by atoms with Crippen molar-refractivity contribution in [2.24, 2.45) is 0 Å². The van der Waals surface area contributed by atoms with Gasteiger partial charge in [-0.05, 0) is 59.2 Å². The Hall–Kier alpha value is -3.12. The van der Waals surface area contributed by atoms with Gasteiger partial charge in [0.25, 0.3) is 0 Å². The lowest BCUT2D eigenvalue weighted by molar-refractivity contribution is -0.122. The molecular formula is C25H28FN3O2. The van der Waals surface area contributed by atoms with Gasteiger partial charge >= 0.3 is 0 Å². The van der Waals surface area contributed by atoms with Crippen LogP contribution in [-0.4, -0.2) is 57.2 Å². The van der Waals surface area contributed by atoms with Crippen molar-refractivity contribution in [2.45, 2.75) is 6.42 Å². The van der Waals surface area contributed by atoms with Crippen LogP contribution in [0.25, 0.3) is 10.8 Å². The Bertz CT molecular complexity index is 1030. The Kier molecular flexibility index (Phi) is 6.67. The lowest BCUT2D eigenvalue weighted by atomic mass is 10.0. The number of amides is 1. The van der Waals surface area contributed by atoms with E-state index in [-0.39, 0.29) is 11.7 Å². The van der Waals surface area contributed by atoms with Crippen LogP contribution in [0.4, 0.5) is 10.1 Å². The van der Waals surface area contributed by atoms with E-state index in [9.17, 15) is 9.18 Å². The number of hydrogen-bond acceptors (Lipinski definition) is 4. The van der Waals surface area contributed by atoms with Crippen LogP contribution in [-0.2, 0) is 11.2 Å². The van der Waals surface area contributed by atoms with Gasteiger partial charge in [-0.25, -0.2) is 4.39 Å². The van der Waals surface area contributed by atoms with Gasteiger partial charge in [0.1, 0.15) is 11.6 Å². The molecule has 3 aromatic carbocycles. The number of anilines is 1. The van der Waals surface area contributed by atoms with Crippen LogP contribution in [0.1, 0.15) is 5.56 Å². The van der Waals surface area contributed by atoms with E-state index in [1.165, 1.54) is 23.1 Å². The molecule has 1 aliphatic rings. The van der Waals surface area contributed by atoms with Crippen molar-refractivity contribution in [3.05, 3.63) is 72.0 Å². The fraction of sp³-hybridized carbons (Fsp3) is 0.320. The molecule has 1 aliphatic heterocycles. The van der Waals surface area contributed by atoms with E-state index in [2.05, 4.69) is 33.3 Å². The van der Waals surface area contributed by atoms with Crippen LogP contribution in [0.5, 0.6) is 5.75 Å². The molecule has 0 unspecified atom stereocenters. The first-order valence-electron chi connectivity index (χ1n) is 10.7. The predicted molar refractivity (Wildman–Crippen MR) is 122 cm³/mol. The summed E-state index contributed by atoms with van der Waals surface area (Å²) < 4.78 is 18.5. The second-order valence-electron chi connectivity index (χ2n) is 7.84. The summed E-state index contributed by atoms with van der Waals surface area (Å²) in [5, 5.41) is 5.38. The van der Waals surface area contributed by atoms with Gasteiger partial charge < -0.3 is 15.0 Å². The molecule has 0 atom stereocenters. The number of carbonyl (C=O) groups excluding carboxylic acids is 1. The minimum Gasteiger partial charge on any atom is -0.497 e. The summed E-state index contributed by atoms with van der Waals surface area (Å²) in [7, 11) is 1.67. The molecule has 1 saturated heterocycles. The highest BCUT2D eigenvalue weighted by molar-refractivity contribution is 5.87. The molecule has 1 amide bonds. The molecule has 1 N–H and O–H groups in total. The van der Waals surface area contributed by atoms with E-state index in [4.69, 9.17) is 4.74 Å². The summed E-state index contributed by atoms with van der Waals surface area (Å²) in [5.41, 5.74) is 2.22. The van der Waals surface area contributed by atoms with Gasteiger partial charge in [0.2, 0.25) is 5.91 Å². The predicted octanol–water partition coefficient (Wildman–Crippen LogP) is 3.47. The number of fused-ring (bicyclic) bond motifs is 1. The average molecular weight is 422 g/mol. The number of benzene rings is 3. The van der Waals surface area contributed by atoms with Gasteiger partial charge in [0.15, 0.2) is 0 Å². The second kappa shape index (κ2) is 9.79. The number of nitrogens with zero attached hydrogens (tertiary/aromatic N) is 2. The third-order valence-electron chi connectivity index (χ3n) is 5.83. The third kappa shape index (κ3) is 5.33. The summed E-state index contributed by atoms with van der Waals surface area (Å²) in [6.07, 6.45) is 0.772. The van der Waals surface area contributed by atoms with E-state index in [0.29, 0.717) is 13.1 Å². The molecule has 0 saturated carbocycles. The Morgan fingerprint density at radius 1 is 1.03 bits per heavy atom. The standard InChI is InChI=1S/C25H28FN3O2/c1-31-23-10-5-19-3-2-4-20(24(19)17-23)11-12-27-25(30)18-28-13-15-29(16-14-28)22-8-6-21(26)7-9-22/h2-10,17H,11-16,18H2,1H3,(H,27,30). The Morgan fingerprint density at radius 3 is 2.55 bits per heavy atom. The SMILES string of the molecule is COc1ccc2cccc(CCNC(=O)CN3CCN(c4ccc(F)cc4)CC3)c2c1. The highest BCUT2D eigenvalue weighted by atomic mass is 19.1. The molecule has 0 aliphatic carbocycles. The summed E-state index contributed by atoms with van der Waals surface area (Å²) in [6.45, 7) is 4.29. The van der Waals surface area contributed by atoms with Gasteiger partial charge in [0, 0.05) is 38.4 Å². The maximum atomic E-state index is 13.1. The van der Waals surface area contributed by atoms with Gasteiger partial charge in [-0.15, -0.1) is 0 Å². The van der Waals surface area contributed by atoms with Crippen molar-refractivity contribution in [3.8, 4) is 5.75 Å². The summed E-state index contributed by atoms with van der Waals surface area (Å²) in [5.74, 6) is 0.665. The molecule has 0 aromatic heterocycles. The molecule has 0 bridgehead atoms. The number of ether oxygens (including phenoxy) is 1. The first-order chi connectivity index (χ1) is 15.1. The minimum atomic E-state index is -0.221. The molecule has 1 heterocycles. The zero-order chi connectivity index (χ0) is 21.6. The molecule has 5 nitrogen and oxygen atoms in total. The highest BCUT2D eigenvalue weighted by Crippen LogP contribution is 2.24. The highest BCUT2D eigenvalue weighted by Gasteiger charge is 2.19. The van der Waals surface area contributed by atoms with Crippen molar-refractivity contribution in [1.82, 2.24) is 10.2 Å². The van der Waals surface area contributed by atoms with Crippen LogP contribution in [0.2, 0.25) is 0 Å². The first-order valence-corrected chi connectivity index (χ1v) is 10.7. The van der Waals surface area contributed by atoms with Crippen LogP contribution < -0.4 is 15.0 Å². The van der Waals surface area contributed by atoms with Gasteiger partial charge in [-0.1, -0.05) is 24.3 Å². The molecular weight excluding hydrogens is 393 g/mol. The Labute approximate surface area is 182 Å². The molecule has 162 valence electrons. The molecule has 0 spiro atoms. The van der Waals surface area contributed by atoms with Gasteiger partial charge in [-0.2, -0.15) is 0 Å². The quantitative estimate of drug-likeness (QED) is 0.635. The number of carbonyl (C=O) groups is 1. The van der Waals surface area contributed by atoms with E-state index in [1.807, 2.05) is 18.2 Å². The van der Waals surface area contributed by atoms with Crippen LogP contribution >= 0.6 is 0 Å². The molecule has 3 aromatic rings. The van der Waals surface area contributed by atoms with Crippen molar-refractivity contribution in [1.29, 1.82) is 0 Å². The maximum absolute atomic E-state index is 13.1. The van der Waals surface area contributed by atoms with Crippen LogP contribution in [0.15, 0.2) is 60.7 Å². The Morgan fingerprint density at radius 2 is 1.81 bits per heavy atom. The number of halogens is 1. The zero-order valence-corrected chi connectivity index (χ0v) is 17.8. The smallest absolute Gasteiger partial charge is 0.234 e. The van der Waals surface area contributed by atoms with Crippen LogP contribution in [0, 0.1) is 5.82 Å². The number of rotatable bonds is 7. The second-order valence-corrected chi connectivity index (χ2v) is 7.84. The number of methoxy groups -OCH3 is 1. The van der Waals surface area contributed by atoms with E-state index >= 15 is 0 Å². The fourth-order valence-corrected chi connectivity index (χ4v) is 4.07. The number of piperazine rings is 1. The first kappa shape index (κ1) is 21.1. The summed E-state index contributed by atoms with van der Waals surface area (Å²) >= 11 is 0. The van der Waals surface area contributed by atoms with Crippen molar-refractivity contribution < 1.29 is 13.9 Å². The van der Waals surface area contributed by atoms with E-state index in [0.717, 1.165) is 49.4 Å². The summed E-state index contributed by atoms with van der Waals surface area (Å²) in [4.78, 5) is 16.8. The van der Waals surface area contributed by atoms with Crippen molar-refractivity contribution >= 4 is 22.4 Å². The third-order valence-corrected chi connectivity index (χ3v) is 5.83. The van der Waals surface area contributed by atoms with Crippen molar-refractivity contribution in [2.75, 3.05) is 51.3 Å². The minimum absolute atomic E-state index is 0.0491. The average Bonchev–Trinajstić information content (AvgIpc) is 2.80. The lowest BCUT2D eigenvalue weighted by Gasteiger charge is -2.35. The number of hydrogen-bond donors (Lipinski definition) is 1. The normalized spacial score (nSPS) is 14.6. The Balaban J connectivity index is 1.24. The lowest BCUT2D eigenvalue weighted by Crippen LogP contribution is -2.49. The van der Waals surface area contributed by atoms with Crippen LogP contribution in [0.3, 0.4) is 0 Å². The van der Waals surface area contributed by atoms with Gasteiger partial charge in [0.05, 0.1) is 13.7 Å².